The molecular formula is C21H32N2O5S2. The Kier molecular flexibility index (Phi) is 7.57. The van der Waals surface area contributed by atoms with Crippen molar-refractivity contribution in [1.29, 1.82) is 0 Å². The van der Waals surface area contributed by atoms with Crippen molar-refractivity contribution in [3.63, 3.8) is 0 Å². The van der Waals surface area contributed by atoms with Crippen LogP contribution in [0.15, 0.2) is 4.21 Å². The Hall–Kier alpha value is -1.45. The van der Waals surface area contributed by atoms with Gasteiger partial charge in [-0.05, 0) is 37.7 Å². The van der Waals surface area contributed by atoms with Gasteiger partial charge >= 0.3 is 5.97 Å². The van der Waals surface area contributed by atoms with Crippen LogP contribution < -0.4 is 0 Å². The van der Waals surface area contributed by atoms with E-state index in [1.807, 2.05) is 13.8 Å². The Labute approximate surface area is 183 Å². The fourth-order valence-corrected chi connectivity index (χ4v) is 7.91. The third-order valence-electron chi connectivity index (χ3n) is 6.20. The summed E-state index contributed by atoms with van der Waals surface area (Å²) in [6.45, 7) is 5.82. The zero-order valence-electron chi connectivity index (χ0n) is 18.1. The van der Waals surface area contributed by atoms with Crippen LogP contribution in [0.4, 0.5) is 0 Å². The van der Waals surface area contributed by atoms with Crippen molar-refractivity contribution < 1.29 is 22.7 Å². The van der Waals surface area contributed by atoms with Crippen molar-refractivity contribution in [2.75, 3.05) is 26.7 Å². The van der Waals surface area contributed by atoms with Gasteiger partial charge in [0.15, 0.2) is 0 Å². The standard InChI is InChI=1S/C21H32N2O5S2/c1-4-15(5-2)19(24)22-13-10-16-17(14-22)29-21(18(16)20(25)28-3)30(26,27)23-11-8-6-7-9-12-23/h15H,4-14H2,1-3H3. The van der Waals surface area contributed by atoms with Crippen LogP contribution in [0.3, 0.4) is 0 Å². The largest absolute Gasteiger partial charge is 0.465 e. The number of sulfonamides is 1. The maximum absolute atomic E-state index is 13.5. The molecule has 168 valence electrons. The van der Waals surface area contributed by atoms with Gasteiger partial charge in [0, 0.05) is 30.4 Å². The van der Waals surface area contributed by atoms with Gasteiger partial charge in [-0.1, -0.05) is 26.7 Å². The number of esters is 1. The highest BCUT2D eigenvalue weighted by Crippen LogP contribution is 2.39. The number of amides is 1. The van der Waals surface area contributed by atoms with E-state index in [2.05, 4.69) is 0 Å². The van der Waals surface area contributed by atoms with Gasteiger partial charge in [-0.3, -0.25) is 4.79 Å². The second-order valence-corrected chi connectivity index (χ2v) is 11.2. The van der Waals surface area contributed by atoms with E-state index in [1.54, 1.807) is 4.90 Å². The molecule has 1 saturated heterocycles. The number of nitrogens with zero attached hydrogens (tertiary/aromatic N) is 2. The molecule has 7 nitrogen and oxygen atoms in total. The van der Waals surface area contributed by atoms with Crippen molar-refractivity contribution in [3.8, 4) is 0 Å². The van der Waals surface area contributed by atoms with Crippen molar-refractivity contribution in [1.82, 2.24) is 9.21 Å². The first-order valence-electron chi connectivity index (χ1n) is 10.9. The highest BCUT2D eigenvalue weighted by molar-refractivity contribution is 7.91. The molecule has 0 unspecified atom stereocenters. The highest BCUT2D eigenvalue weighted by atomic mass is 32.2. The minimum absolute atomic E-state index is 0.0214. The SMILES string of the molecule is CCC(CC)C(=O)N1CCc2c(sc(S(=O)(=O)N3CCCCCC3)c2C(=O)OC)C1. The van der Waals surface area contributed by atoms with Crippen LogP contribution in [0.5, 0.6) is 0 Å². The molecule has 1 amide bonds. The number of hydrogen-bond acceptors (Lipinski definition) is 6. The van der Waals surface area contributed by atoms with Gasteiger partial charge in [0.25, 0.3) is 10.0 Å². The van der Waals surface area contributed by atoms with Crippen LogP contribution in [0.2, 0.25) is 0 Å². The first kappa shape index (κ1) is 23.2. The molecule has 30 heavy (non-hydrogen) atoms. The monoisotopic (exact) mass is 456 g/mol. The summed E-state index contributed by atoms with van der Waals surface area (Å²) in [7, 11) is -2.50. The van der Waals surface area contributed by atoms with Gasteiger partial charge in [-0.25, -0.2) is 13.2 Å². The molecule has 2 aliphatic rings. The second-order valence-electron chi connectivity index (χ2n) is 8.00. The number of methoxy groups -OCH3 is 1. The molecule has 0 spiro atoms. The molecule has 0 saturated carbocycles. The van der Waals surface area contributed by atoms with Crippen molar-refractivity contribution >= 4 is 33.2 Å². The lowest BCUT2D eigenvalue weighted by molar-refractivity contribution is -0.136. The van der Waals surface area contributed by atoms with E-state index in [1.165, 1.54) is 11.4 Å². The molecule has 0 atom stereocenters. The number of carbonyl (C=O) groups is 2. The van der Waals surface area contributed by atoms with Crippen LogP contribution in [0.25, 0.3) is 0 Å². The van der Waals surface area contributed by atoms with E-state index in [4.69, 9.17) is 4.74 Å². The van der Waals surface area contributed by atoms with Gasteiger partial charge in [0.05, 0.1) is 19.2 Å². The summed E-state index contributed by atoms with van der Waals surface area (Å²) in [4.78, 5) is 28.0. The van der Waals surface area contributed by atoms with Crippen LogP contribution in [0, 0.1) is 5.92 Å². The smallest absolute Gasteiger partial charge is 0.340 e. The molecule has 3 heterocycles. The van der Waals surface area contributed by atoms with Gasteiger partial charge in [-0.15, -0.1) is 11.3 Å². The number of rotatable bonds is 6. The van der Waals surface area contributed by atoms with Gasteiger partial charge in [-0.2, -0.15) is 4.31 Å². The van der Waals surface area contributed by atoms with Crippen LogP contribution >= 0.6 is 11.3 Å². The molecule has 1 aromatic rings. The third-order valence-corrected chi connectivity index (χ3v) is 9.81. The molecule has 9 heteroatoms. The van der Waals surface area contributed by atoms with Gasteiger partial charge < -0.3 is 9.64 Å². The Morgan fingerprint density at radius 2 is 1.70 bits per heavy atom. The second kappa shape index (κ2) is 9.78. The maximum atomic E-state index is 13.5. The number of carbonyl (C=O) groups excluding carboxylic acids is 2. The average molecular weight is 457 g/mol. The topological polar surface area (TPSA) is 84.0 Å². The summed E-state index contributed by atoms with van der Waals surface area (Å²) in [6.07, 6.45) is 5.73. The molecule has 0 radical (unpaired) electrons. The number of fused-ring (bicyclic) bond motifs is 1. The summed E-state index contributed by atoms with van der Waals surface area (Å²) in [6, 6.07) is 0. The average Bonchev–Trinajstić information content (AvgIpc) is 2.92. The Morgan fingerprint density at radius 1 is 1.07 bits per heavy atom. The molecule has 0 bridgehead atoms. The Balaban J connectivity index is 1.98. The zero-order valence-corrected chi connectivity index (χ0v) is 19.7. The van der Waals surface area contributed by atoms with E-state index in [0.29, 0.717) is 32.6 Å². The van der Waals surface area contributed by atoms with E-state index >= 15 is 0 Å². The number of ether oxygens (including phenoxy) is 1. The molecule has 0 aliphatic carbocycles. The quantitative estimate of drug-likeness (QED) is 0.613. The lowest BCUT2D eigenvalue weighted by Crippen LogP contribution is -2.39. The molecule has 1 fully saturated rings. The fraction of sp³-hybridized carbons (Fsp3) is 0.714. The predicted octanol–water partition coefficient (Wildman–Crippen LogP) is 3.42. The molecule has 0 aromatic carbocycles. The fourth-order valence-electron chi connectivity index (χ4n) is 4.35. The van der Waals surface area contributed by atoms with Gasteiger partial charge in [0.1, 0.15) is 4.21 Å². The molecule has 2 aliphatic heterocycles. The van der Waals surface area contributed by atoms with E-state index < -0.39 is 16.0 Å². The van der Waals surface area contributed by atoms with Gasteiger partial charge in [0.2, 0.25) is 5.91 Å². The summed E-state index contributed by atoms with van der Waals surface area (Å²) in [5, 5.41) is 0. The molecule has 3 rings (SSSR count). The van der Waals surface area contributed by atoms with Crippen LogP contribution in [0.1, 0.15) is 73.2 Å². The Morgan fingerprint density at radius 3 is 2.27 bits per heavy atom. The van der Waals surface area contributed by atoms with Crippen molar-refractivity contribution in [2.24, 2.45) is 5.92 Å². The van der Waals surface area contributed by atoms with E-state index in [-0.39, 0.29) is 21.6 Å². The predicted molar refractivity (Wildman–Crippen MR) is 116 cm³/mol. The molecular weight excluding hydrogens is 424 g/mol. The summed E-state index contributed by atoms with van der Waals surface area (Å²) < 4.78 is 33.5. The first-order valence-corrected chi connectivity index (χ1v) is 13.1. The maximum Gasteiger partial charge on any atom is 0.340 e. The van der Waals surface area contributed by atoms with Crippen molar-refractivity contribution in [2.45, 2.75) is 69.5 Å². The third kappa shape index (κ3) is 4.43. The first-order chi connectivity index (χ1) is 14.3. The van der Waals surface area contributed by atoms with E-state index in [0.717, 1.165) is 60.3 Å². The molecule has 1 aromatic heterocycles. The Bertz CT molecular complexity index is 881. The summed E-state index contributed by atoms with van der Waals surface area (Å²) in [5.41, 5.74) is 0.908. The zero-order chi connectivity index (χ0) is 21.9. The summed E-state index contributed by atoms with van der Waals surface area (Å²) >= 11 is 1.14. The van der Waals surface area contributed by atoms with Crippen LogP contribution in [-0.4, -0.2) is 56.2 Å². The number of thiophene rings is 1. The minimum Gasteiger partial charge on any atom is -0.465 e. The normalized spacial score (nSPS) is 18.2. The van der Waals surface area contributed by atoms with E-state index in [9.17, 15) is 18.0 Å². The lowest BCUT2D eigenvalue weighted by Gasteiger charge is -2.30. The highest BCUT2D eigenvalue weighted by Gasteiger charge is 2.38. The summed E-state index contributed by atoms with van der Waals surface area (Å²) in [5.74, 6) is -0.525. The number of hydrogen-bond donors (Lipinski definition) is 0. The van der Waals surface area contributed by atoms with Crippen LogP contribution in [-0.2, 0) is 32.5 Å². The van der Waals surface area contributed by atoms with Crippen molar-refractivity contribution in [3.05, 3.63) is 16.0 Å². The lowest BCUT2D eigenvalue weighted by atomic mass is 9.98. The minimum atomic E-state index is -3.78. The molecule has 0 N–H and O–H groups in total.